The van der Waals surface area contributed by atoms with Gasteiger partial charge in [-0.05, 0) is 24.7 Å². The number of nitrogens with one attached hydrogen (secondary N) is 1. The maximum absolute atomic E-state index is 12.5. The minimum Gasteiger partial charge on any atom is -0.311 e. The number of rotatable bonds is 7. The lowest BCUT2D eigenvalue weighted by atomic mass is 9.88. The third-order valence-corrected chi connectivity index (χ3v) is 5.47. The average molecular weight is 279 g/mol. The lowest BCUT2D eigenvalue weighted by Crippen LogP contribution is -2.44. The fourth-order valence-corrected chi connectivity index (χ4v) is 3.35. The zero-order valence-electron chi connectivity index (χ0n) is 13.1. The van der Waals surface area contributed by atoms with E-state index in [0.29, 0.717) is 5.92 Å². The van der Waals surface area contributed by atoms with Crippen molar-refractivity contribution in [2.75, 3.05) is 14.2 Å². The molecule has 0 radical (unpaired) electrons. The van der Waals surface area contributed by atoms with Crippen LogP contribution in [0.3, 0.4) is 0 Å². The standard InChI is InChI=1S/C13H30NO3P/c1-10(2)9-12(18(15,16-7)17-8)14-11(3)13(4,5)6/h10-12,14H,9H2,1-8H3/t11-,12-/m0/s1. The zero-order chi connectivity index (χ0) is 14.6. The molecule has 0 saturated heterocycles. The minimum absolute atomic E-state index is 0.0988. The van der Waals surface area contributed by atoms with Crippen molar-refractivity contribution in [3.05, 3.63) is 0 Å². The second kappa shape index (κ2) is 7.04. The Hall–Kier alpha value is 0.110. The second-order valence-electron chi connectivity index (χ2n) is 6.30. The van der Waals surface area contributed by atoms with Crippen LogP contribution in [0.4, 0.5) is 0 Å². The van der Waals surface area contributed by atoms with Gasteiger partial charge in [-0.1, -0.05) is 34.6 Å². The van der Waals surface area contributed by atoms with Crippen molar-refractivity contribution in [2.24, 2.45) is 11.3 Å². The molecule has 0 aliphatic rings. The molecule has 4 nitrogen and oxygen atoms in total. The van der Waals surface area contributed by atoms with Crippen LogP contribution in [0.1, 0.15) is 48.0 Å². The monoisotopic (exact) mass is 279 g/mol. The Morgan fingerprint density at radius 1 is 1.11 bits per heavy atom. The molecule has 0 aliphatic carbocycles. The summed E-state index contributed by atoms with van der Waals surface area (Å²) in [7, 11) is -0.189. The number of hydrogen-bond donors (Lipinski definition) is 1. The molecule has 0 bridgehead atoms. The fraction of sp³-hybridized carbons (Fsp3) is 1.00. The van der Waals surface area contributed by atoms with Gasteiger partial charge in [0.05, 0.1) is 0 Å². The maximum Gasteiger partial charge on any atom is 0.346 e. The van der Waals surface area contributed by atoms with E-state index in [1.54, 1.807) is 0 Å². The molecule has 0 unspecified atom stereocenters. The Morgan fingerprint density at radius 2 is 1.56 bits per heavy atom. The molecule has 0 fully saturated rings. The Balaban J connectivity index is 4.96. The van der Waals surface area contributed by atoms with Crippen LogP contribution in [-0.4, -0.2) is 26.0 Å². The van der Waals surface area contributed by atoms with Gasteiger partial charge < -0.3 is 14.4 Å². The Bertz CT molecular complexity index is 278. The molecular formula is C13H30NO3P. The molecule has 0 aliphatic heterocycles. The van der Waals surface area contributed by atoms with Crippen LogP contribution in [0, 0.1) is 11.3 Å². The van der Waals surface area contributed by atoms with Crippen molar-refractivity contribution in [1.82, 2.24) is 5.32 Å². The van der Waals surface area contributed by atoms with Crippen LogP contribution >= 0.6 is 7.60 Å². The fourth-order valence-electron chi connectivity index (χ4n) is 1.60. The minimum atomic E-state index is -3.08. The topological polar surface area (TPSA) is 47.6 Å². The van der Waals surface area contributed by atoms with E-state index in [1.807, 2.05) is 0 Å². The third kappa shape index (κ3) is 5.40. The van der Waals surface area contributed by atoms with Crippen molar-refractivity contribution in [1.29, 1.82) is 0 Å². The summed E-state index contributed by atoms with van der Waals surface area (Å²) in [4.78, 5) is 0. The highest BCUT2D eigenvalue weighted by molar-refractivity contribution is 7.54. The van der Waals surface area contributed by atoms with Crippen molar-refractivity contribution < 1.29 is 13.6 Å². The van der Waals surface area contributed by atoms with Crippen LogP contribution in [-0.2, 0) is 13.6 Å². The molecule has 0 aromatic carbocycles. The van der Waals surface area contributed by atoms with E-state index in [2.05, 4.69) is 46.9 Å². The second-order valence-corrected chi connectivity index (χ2v) is 8.74. The molecular weight excluding hydrogens is 249 g/mol. The van der Waals surface area contributed by atoms with E-state index in [4.69, 9.17) is 9.05 Å². The van der Waals surface area contributed by atoms with Crippen LogP contribution in [0.15, 0.2) is 0 Å². The number of hydrogen-bond acceptors (Lipinski definition) is 4. The highest BCUT2D eigenvalue weighted by Crippen LogP contribution is 2.52. The SMILES string of the molecule is COP(=O)(OC)[C@@H](CC(C)C)N[C@@H](C)C(C)(C)C. The summed E-state index contributed by atoms with van der Waals surface area (Å²) in [5.74, 6) is 0.162. The smallest absolute Gasteiger partial charge is 0.311 e. The molecule has 0 amide bonds. The van der Waals surface area contributed by atoms with Gasteiger partial charge in [0.2, 0.25) is 0 Å². The lowest BCUT2D eigenvalue weighted by Gasteiger charge is -2.35. The molecule has 0 spiro atoms. The van der Waals surface area contributed by atoms with Gasteiger partial charge in [0.25, 0.3) is 0 Å². The molecule has 110 valence electrons. The molecule has 18 heavy (non-hydrogen) atoms. The molecule has 0 rings (SSSR count). The molecule has 0 heterocycles. The van der Waals surface area contributed by atoms with E-state index in [1.165, 1.54) is 14.2 Å². The molecule has 1 N–H and O–H groups in total. The van der Waals surface area contributed by atoms with Crippen LogP contribution in [0.5, 0.6) is 0 Å². The Morgan fingerprint density at radius 3 is 1.83 bits per heavy atom. The van der Waals surface area contributed by atoms with Crippen molar-refractivity contribution in [3.63, 3.8) is 0 Å². The van der Waals surface area contributed by atoms with Gasteiger partial charge >= 0.3 is 7.60 Å². The van der Waals surface area contributed by atoms with Crippen molar-refractivity contribution in [3.8, 4) is 0 Å². The first kappa shape index (κ1) is 18.1. The predicted octanol–water partition coefficient (Wildman–Crippen LogP) is 3.87. The summed E-state index contributed by atoms with van der Waals surface area (Å²) >= 11 is 0. The summed E-state index contributed by atoms with van der Waals surface area (Å²) < 4.78 is 22.8. The first-order chi connectivity index (χ1) is 8.06. The van der Waals surface area contributed by atoms with Gasteiger partial charge in [-0.3, -0.25) is 4.57 Å². The molecule has 0 aromatic rings. The van der Waals surface area contributed by atoms with E-state index >= 15 is 0 Å². The highest BCUT2D eigenvalue weighted by Gasteiger charge is 2.36. The molecule has 0 aromatic heterocycles. The van der Waals surface area contributed by atoms with Gasteiger partial charge in [-0.2, -0.15) is 0 Å². The summed E-state index contributed by atoms with van der Waals surface area (Å²) in [6.45, 7) is 12.8. The predicted molar refractivity (Wildman–Crippen MR) is 76.9 cm³/mol. The van der Waals surface area contributed by atoms with Crippen molar-refractivity contribution >= 4 is 7.60 Å². The highest BCUT2D eigenvalue weighted by atomic mass is 31.2. The molecule has 0 saturated carbocycles. The van der Waals surface area contributed by atoms with Crippen LogP contribution in [0.25, 0.3) is 0 Å². The maximum atomic E-state index is 12.5. The van der Waals surface area contributed by atoms with E-state index in [-0.39, 0.29) is 17.2 Å². The first-order valence-corrected chi connectivity index (χ1v) is 8.15. The molecule has 5 heteroatoms. The summed E-state index contributed by atoms with van der Waals surface area (Å²) in [6.07, 6.45) is 0.763. The van der Waals surface area contributed by atoms with E-state index in [0.717, 1.165) is 6.42 Å². The van der Waals surface area contributed by atoms with Gasteiger partial charge in [-0.15, -0.1) is 0 Å². The van der Waals surface area contributed by atoms with Gasteiger partial charge in [0.1, 0.15) is 5.78 Å². The van der Waals surface area contributed by atoms with Gasteiger partial charge in [-0.25, -0.2) is 0 Å². The first-order valence-electron chi connectivity index (χ1n) is 6.54. The van der Waals surface area contributed by atoms with Crippen LogP contribution < -0.4 is 5.32 Å². The summed E-state index contributed by atoms with van der Waals surface area (Å²) in [6, 6.07) is 0.222. The quantitative estimate of drug-likeness (QED) is 0.719. The third-order valence-electron chi connectivity index (χ3n) is 3.33. The lowest BCUT2D eigenvalue weighted by molar-refractivity contribution is 0.224. The van der Waals surface area contributed by atoms with Gasteiger partial charge in [0, 0.05) is 20.3 Å². The van der Waals surface area contributed by atoms with E-state index in [9.17, 15) is 4.57 Å². The Labute approximate surface area is 112 Å². The summed E-state index contributed by atoms with van der Waals surface area (Å²) in [5, 5.41) is 3.42. The average Bonchev–Trinajstić information content (AvgIpc) is 2.25. The molecule has 2 atom stereocenters. The zero-order valence-corrected chi connectivity index (χ0v) is 14.0. The normalized spacial score (nSPS) is 16.9. The Kier molecular flexibility index (Phi) is 7.09. The summed E-state index contributed by atoms with van der Waals surface area (Å²) in [5.41, 5.74) is 0.0988. The van der Waals surface area contributed by atoms with Crippen molar-refractivity contribution in [2.45, 2.75) is 59.8 Å². The van der Waals surface area contributed by atoms with Gasteiger partial charge in [0.15, 0.2) is 0 Å². The largest absolute Gasteiger partial charge is 0.346 e. The van der Waals surface area contributed by atoms with Crippen LogP contribution in [0.2, 0.25) is 0 Å². The van der Waals surface area contributed by atoms with E-state index < -0.39 is 7.60 Å².